The fraction of sp³-hybridized carbons (Fsp3) is 0.600. The van der Waals surface area contributed by atoms with Crippen LogP contribution in [0.25, 0.3) is 0 Å². The Morgan fingerprint density at radius 2 is 1.88 bits per heavy atom. The third-order valence-corrected chi connectivity index (χ3v) is 5.30. The van der Waals surface area contributed by atoms with Crippen molar-refractivity contribution < 1.29 is 9.59 Å². The van der Waals surface area contributed by atoms with E-state index in [1.807, 2.05) is 29.2 Å². The quantitative estimate of drug-likeness (QED) is 0.851. The molecule has 0 radical (unpaired) electrons. The molecule has 2 aliphatic heterocycles. The third kappa shape index (κ3) is 3.33. The van der Waals surface area contributed by atoms with Gasteiger partial charge in [0, 0.05) is 25.2 Å². The van der Waals surface area contributed by atoms with E-state index in [1.165, 1.54) is 0 Å². The van der Waals surface area contributed by atoms with Crippen LogP contribution in [-0.4, -0.2) is 40.7 Å². The maximum atomic E-state index is 13.2. The van der Waals surface area contributed by atoms with Gasteiger partial charge in [-0.15, -0.1) is 0 Å². The number of fused-ring (bicyclic) bond motifs is 1. The van der Waals surface area contributed by atoms with Gasteiger partial charge in [-0.3, -0.25) is 9.59 Å². The van der Waals surface area contributed by atoms with Crippen LogP contribution in [0, 0.1) is 11.8 Å². The first-order chi connectivity index (χ1) is 11.5. The molecule has 1 aromatic rings. The minimum absolute atomic E-state index is 0.00924. The van der Waals surface area contributed by atoms with Gasteiger partial charge in [-0.25, -0.2) is 0 Å². The van der Waals surface area contributed by atoms with E-state index in [4.69, 9.17) is 0 Å². The first-order valence-corrected chi connectivity index (χ1v) is 9.15. The number of nitrogens with zero attached hydrogens (tertiary/aromatic N) is 2. The normalized spacial score (nSPS) is 19.8. The van der Waals surface area contributed by atoms with Gasteiger partial charge in [-0.1, -0.05) is 39.0 Å². The van der Waals surface area contributed by atoms with Crippen molar-refractivity contribution in [2.75, 3.05) is 13.1 Å². The van der Waals surface area contributed by atoms with Gasteiger partial charge in [0.1, 0.15) is 6.04 Å². The Labute approximate surface area is 144 Å². The molecule has 130 valence electrons. The zero-order valence-electron chi connectivity index (χ0n) is 15.0. The molecule has 0 aliphatic carbocycles. The second kappa shape index (κ2) is 6.96. The molecule has 2 amide bonds. The highest BCUT2D eigenvalue weighted by molar-refractivity contribution is 6.01. The molecule has 4 heteroatoms. The van der Waals surface area contributed by atoms with E-state index < -0.39 is 0 Å². The van der Waals surface area contributed by atoms with Crippen molar-refractivity contribution in [1.29, 1.82) is 0 Å². The molecule has 24 heavy (non-hydrogen) atoms. The lowest BCUT2D eigenvalue weighted by molar-refractivity contribution is -0.138. The summed E-state index contributed by atoms with van der Waals surface area (Å²) in [7, 11) is 0. The molecule has 2 heterocycles. The number of likely N-dealkylation sites (tertiary alicyclic amines) is 1. The molecule has 1 atom stereocenters. The number of piperidine rings is 1. The molecule has 1 unspecified atom stereocenters. The van der Waals surface area contributed by atoms with Crippen molar-refractivity contribution in [1.82, 2.24) is 9.80 Å². The number of rotatable bonds is 4. The number of carbonyl (C=O) groups is 2. The van der Waals surface area contributed by atoms with Crippen LogP contribution in [0.4, 0.5) is 0 Å². The predicted molar refractivity (Wildman–Crippen MR) is 94.5 cm³/mol. The molecule has 0 aromatic heterocycles. The Balaban J connectivity index is 1.80. The highest BCUT2D eigenvalue weighted by Gasteiger charge is 2.38. The fourth-order valence-corrected chi connectivity index (χ4v) is 3.78. The Bertz CT molecular complexity index is 618. The number of carbonyl (C=O) groups excluding carboxylic acids is 2. The maximum Gasteiger partial charge on any atom is 0.255 e. The lowest BCUT2D eigenvalue weighted by Crippen LogP contribution is -2.51. The number of hydrogen-bond donors (Lipinski definition) is 0. The largest absolute Gasteiger partial charge is 0.341 e. The zero-order valence-corrected chi connectivity index (χ0v) is 15.0. The standard InChI is InChI=1S/C20H28N2O2/c1-14(2)12-18(20(24)21-10-8-15(3)9-11-21)22-13-16-6-4-5-7-17(16)19(22)23/h4-7,14-15,18H,8-13H2,1-3H3. The van der Waals surface area contributed by atoms with Crippen molar-refractivity contribution in [3.8, 4) is 0 Å². The molecule has 1 saturated heterocycles. The molecule has 0 N–H and O–H groups in total. The summed E-state index contributed by atoms with van der Waals surface area (Å²) in [5.74, 6) is 1.21. The van der Waals surface area contributed by atoms with Gasteiger partial charge in [0.05, 0.1) is 0 Å². The van der Waals surface area contributed by atoms with Gasteiger partial charge in [0.15, 0.2) is 0 Å². The summed E-state index contributed by atoms with van der Waals surface area (Å²) < 4.78 is 0. The fourth-order valence-electron chi connectivity index (χ4n) is 3.78. The SMILES string of the molecule is CC(C)CC(C(=O)N1CCC(C)CC1)N1Cc2ccccc2C1=O. The third-order valence-electron chi connectivity index (χ3n) is 5.30. The molecule has 3 rings (SSSR count). The summed E-state index contributed by atoms with van der Waals surface area (Å²) in [4.78, 5) is 29.7. The highest BCUT2D eigenvalue weighted by Crippen LogP contribution is 2.28. The lowest BCUT2D eigenvalue weighted by atomic mass is 9.96. The van der Waals surface area contributed by atoms with Crippen LogP contribution >= 0.6 is 0 Å². The molecule has 0 saturated carbocycles. The second-order valence-corrected chi connectivity index (χ2v) is 7.74. The molecule has 1 aromatic carbocycles. The van der Waals surface area contributed by atoms with Crippen LogP contribution in [0.3, 0.4) is 0 Å². The first-order valence-electron chi connectivity index (χ1n) is 9.15. The van der Waals surface area contributed by atoms with Crippen LogP contribution in [-0.2, 0) is 11.3 Å². The van der Waals surface area contributed by atoms with Gasteiger partial charge >= 0.3 is 0 Å². The molecule has 2 aliphatic rings. The van der Waals surface area contributed by atoms with Crippen molar-refractivity contribution in [2.45, 2.75) is 52.6 Å². The summed E-state index contributed by atoms with van der Waals surface area (Å²) in [6.07, 6.45) is 2.85. The van der Waals surface area contributed by atoms with Crippen molar-refractivity contribution in [3.63, 3.8) is 0 Å². The van der Waals surface area contributed by atoms with Crippen molar-refractivity contribution >= 4 is 11.8 Å². The Morgan fingerprint density at radius 3 is 2.50 bits per heavy atom. The van der Waals surface area contributed by atoms with E-state index in [9.17, 15) is 9.59 Å². The van der Waals surface area contributed by atoms with Gasteiger partial charge in [0.2, 0.25) is 5.91 Å². The van der Waals surface area contributed by atoms with Crippen molar-refractivity contribution in [2.24, 2.45) is 11.8 Å². The molecular weight excluding hydrogens is 300 g/mol. The Hall–Kier alpha value is -1.84. The molecule has 0 bridgehead atoms. The second-order valence-electron chi connectivity index (χ2n) is 7.74. The van der Waals surface area contributed by atoms with Gasteiger partial charge in [-0.2, -0.15) is 0 Å². The van der Waals surface area contributed by atoms with E-state index in [1.54, 1.807) is 4.90 Å². The summed E-state index contributed by atoms with van der Waals surface area (Å²) in [6.45, 7) is 8.68. The van der Waals surface area contributed by atoms with Gasteiger partial charge in [0.25, 0.3) is 5.91 Å². The summed E-state index contributed by atoms with van der Waals surface area (Å²) in [5.41, 5.74) is 1.79. The summed E-state index contributed by atoms with van der Waals surface area (Å²) in [5, 5.41) is 0. The predicted octanol–water partition coefficient (Wildman–Crippen LogP) is 3.32. The van der Waals surface area contributed by atoms with Crippen LogP contribution in [0.1, 0.15) is 56.0 Å². The number of benzene rings is 1. The van der Waals surface area contributed by atoms with E-state index in [2.05, 4.69) is 20.8 Å². The van der Waals surface area contributed by atoms with E-state index in [-0.39, 0.29) is 17.9 Å². The van der Waals surface area contributed by atoms with Crippen LogP contribution in [0.5, 0.6) is 0 Å². The topological polar surface area (TPSA) is 40.6 Å². The summed E-state index contributed by atoms with van der Waals surface area (Å²) in [6, 6.07) is 7.38. The lowest BCUT2D eigenvalue weighted by Gasteiger charge is -2.36. The van der Waals surface area contributed by atoms with E-state index >= 15 is 0 Å². The minimum atomic E-state index is -0.335. The zero-order chi connectivity index (χ0) is 17.3. The smallest absolute Gasteiger partial charge is 0.255 e. The molecule has 1 fully saturated rings. The van der Waals surface area contributed by atoms with Crippen molar-refractivity contribution in [3.05, 3.63) is 35.4 Å². The van der Waals surface area contributed by atoms with Crippen LogP contribution in [0.2, 0.25) is 0 Å². The average Bonchev–Trinajstić information content (AvgIpc) is 2.90. The number of amides is 2. The summed E-state index contributed by atoms with van der Waals surface area (Å²) >= 11 is 0. The Morgan fingerprint density at radius 1 is 1.21 bits per heavy atom. The van der Waals surface area contributed by atoms with Gasteiger partial charge in [-0.05, 0) is 42.7 Å². The maximum absolute atomic E-state index is 13.2. The molecule has 0 spiro atoms. The highest BCUT2D eigenvalue weighted by atomic mass is 16.2. The average molecular weight is 328 g/mol. The molecule has 4 nitrogen and oxygen atoms in total. The first kappa shape index (κ1) is 17.0. The molecular formula is C20H28N2O2. The minimum Gasteiger partial charge on any atom is -0.341 e. The van der Waals surface area contributed by atoms with E-state index in [0.29, 0.717) is 18.4 Å². The number of hydrogen-bond acceptors (Lipinski definition) is 2. The van der Waals surface area contributed by atoms with Crippen LogP contribution in [0.15, 0.2) is 24.3 Å². The Kier molecular flexibility index (Phi) is 4.93. The van der Waals surface area contributed by atoms with E-state index in [0.717, 1.165) is 43.5 Å². The monoisotopic (exact) mass is 328 g/mol. The van der Waals surface area contributed by atoms with Gasteiger partial charge < -0.3 is 9.80 Å². The van der Waals surface area contributed by atoms with Crippen LogP contribution < -0.4 is 0 Å².